The highest BCUT2D eigenvalue weighted by Gasteiger charge is 2.45. The van der Waals surface area contributed by atoms with E-state index in [4.69, 9.17) is 0 Å². The predicted octanol–water partition coefficient (Wildman–Crippen LogP) is 4.24. The van der Waals surface area contributed by atoms with E-state index in [-0.39, 0.29) is 11.8 Å². The molecule has 0 spiro atoms. The smallest absolute Gasteiger partial charge is 0.253 e. The number of amides is 2. The number of nitrogens with one attached hydrogen (secondary N) is 1. The molecule has 5 heteroatoms. The van der Waals surface area contributed by atoms with E-state index < -0.39 is 5.41 Å². The molecule has 2 amide bonds. The zero-order chi connectivity index (χ0) is 23.4. The first kappa shape index (κ1) is 22.6. The third-order valence-electron chi connectivity index (χ3n) is 6.54. The van der Waals surface area contributed by atoms with Crippen molar-refractivity contribution >= 4 is 17.5 Å². The molecule has 1 fully saturated rings. The van der Waals surface area contributed by atoms with E-state index in [1.54, 1.807) is 7.05 Å². The van der Waals surface area contributed by atoms with E-state index in [1.165, 1.54) is 0 Å². The summed E-state index contributed by atoms with van der Waals surface area (Å²) in [5.74, 6) is -0.0347. The number of hydrogen-bond donors (Lipinski definition) is 1. The molecular formula is C28H31N3O2. The summed E-state index contributed by atoms with van der Waals surface area (Å²) in [7, 11) is 5.59. The molecular weight excluding hydrogens is 410 g/mol. The zero-order valence-electron chi connectivity index (χ0n) is 19.5. The normalized spacial score (nSPS) is 17.6. The molecule has 1 saturated heterocycles. The van der Waals surface area contributed by atoms with Gasteiger partial charge in [-0.15, -0.1) is 0 Å². The lowest BCUT2D eigenvalue weighted by Crippen LogP contribution is -2.44. The Labute approximate surface area is 196 Å². The van der Waals surface area contributed by atoms with Gasteiger partial charge in [-0.3, -0.25) is 9.59 Å². The first-order valence-electron chi connectivity index (χ1n) is 11.3. The molecule has 0 radical (unpaired) electrons. The highest BCUT2D eigenvalue weighted by molar-refractivity contribution is 5.96. The van der Waals surface area contributed by atoms with E-state index >= 15 is 0 Å². The second kappa shape index (κ2) is 9.49. The molecule has 4 rings (SSSR count). The Morgan fingerprint density at radius 2 is 1.67 bits per heavy atom. The second-order valence-corrected chi connectivity index (χ2v) is 9.02. The monoisotopic (exact) mass is 441 g/mol. The van der Waals surface area contributed by atoms with Crippen molar-refractivity contribution in [3.63, 3.8) is 0 Å². The molecule has 0 saturated carbocycles. The number of anilines is 1. The van der Waals surface area contributed by atoms with Gasteiger partial charge in [0.05, 0.1) is 5.41 Å². The maximum atomic E-state index is 13.3. The molecule has 1 aliphatic rings. The Balaban J connectivity index is 1.58. The fraction of sp³-hybridized carbons (Fsp3) is 0.286. The van der Waals surface area contributed by atoms with Crippen molar-refractivity contribution in [2.75, 3.05) is 39.1 Å². The van der Waals surface area contributed by atoms with Crippen molar-refractivity contribution < 1.29 is 9.59 Å². The van der Waals surface area contributed by atoms with E-state index in [0.29, 0.717) is 31.5 Å². The number of carbonyl (C=O) groups excluding carboxylic acids is 2. The molecule has 3 aromatic rings. The van der Waals surface area contributed by atoms with Crippen LogP contribution >= 0.6 is 0 Å². The van der Waals surface area contributed by atoms with E-state index in [1.807, 2.05) is 72.4 Å². The van der Waals surface area contributed by atoms with Crippen LogP contribution < -0.4 is 10.2 Å². The topological polar surface area (TPSA) is 52.7 Å². The number of likely N-dealkylation sites (tertiary alicyclic amines) is 1. The van der Waals surface area contributed by atoms with E-state index in [0.717, 1.165) is 22.4 Å². The first-order chi connectivity index (χ1) is 15.9. The van der Waals surface area contributed by atoms with Crippen molar-refractivity contribution in [3.8, 4) is 11.1 Å². The molecule has 1 aliphatic heterocycles. The Bertz CT molecular complexity index is 1140. The van der Waals surface area contributed by atoms with Gasteiger partial charge >= 0.3 is 0 Å². The molecule has 1 heterocycles. The van der Waals surface area contributed by atoms with Crippen LogP contribution in [0.2, 0.25) is 0 Å². The lowest BCUT2D eigenvalue weighted by atomic mass is 9.79. The molecule has 0 bridgehead atoms. The largest absolute Gasteiger partial charge is 0.378 e. The van der Waals surface area contributed by atoms with Crippen LogP contribution in [0.1, 0.15) is 22.3 Å². The average molecular weight is 442 g/mol. The molecule has 170 valence electrons. The Morgan fingerprint density at radius 1 is 0.939 bits per heavy atom. The SMILES string of the molecule is CNC(=O)[C@]1(Cc2cccc(-c3ccccc3)c2)CCN(C(=O)c2cccc(N(C)C)c2)C1. The molecule has 3 aromatic carbocycles. The lowest BCUT2D eigenvalue weighted by molar-refractivity contribution is -0.129. The fourth-order valence-electron chi connectivity index (χ4n) is 4.70. The summed E-state index contributed by atoms with van der Waals surface area (Å²) in [6, 6.07) is 26.2. The summed E-state index contributed by atoms with van der Waals surface area (Å²) in [6.45, 7) is 0.976. The molecule has 1 N–H and O–H groups in total. The van der Waals surface area contributed by atoms with Gasteiger partial charge in [0, 0.05) is 45.5 Å². The highest BCUT2D eigenvalue weighted by Crippen LogP contribution is 2.36. The molecule has 33 heavy (non-hydrogen) atoms. The summed E-state index contributed by atoms with van der Waals surface area (Å²) in [5, 5.41) is 2.85. The molecule has 0 aromatic heterocycles. The van der Waals surface area contributed by atoms with Crippen molar-refractivity contribution in [1.29, 1.82) is 0 Å². The summed E-state index contributed by atoms with van der Waals surface area (Å²) in [4.78, 5) is 30.2. The minimum atomic E-state index is -0.640. The van der Waals surface area contributed by atoms with Crippen LogP contribution in [0.15, 0.2) is 78.9 Å². The van der Waals surface area contributed by atoms with Crippen LogP contribution in [0.4, 0.5) is 5.69 Å². The minimum absolute atomic E-state index is 0.00930. The van der Waals surface area contributed by atoms with Crippen LogP contribution in [-0.2, 0) is 11.2 Å². The average Bonchev–Trinajstić information content (AvgIpc) is 3.29. The van der Waals surface area contributed by atoms with Crippen molar-refractivity contribution in [2.24, 2.45) is 5.41 Å². The van der Waals surface area contributed by atoms with Crippen molar-refractivity contribution in [1.82, 2.24) is 10.2 Å². The summed E-state index contributed by atoms with van der Waals surface area (Å²) in [6.07, 6.45) is 1.23. The maximum Gasteiger partial charge on any atom is 0.253 e. The third-order valence-corrected chi connectivity index (χ3v) is 6.54. The van der Waals surface area contributed by atoms with Gasteiger partial charge in [-0.2, -0.15) is 0 Å². The van der Waals surface area contributed by atoms with Crippen LogP contribution in [0.3, 0.4) is 0 Å². The van der Waals surface area contributed by atoms with Gasteiger partial charge in [-0.05, 0) is 47.7 Å². The number of carbonyl (C=O) groups is 2. The Morgan fingerprint density at radius 3 is 2.39 bits per heavy atom. The summed E-state index contributed by atoms with van der Waals surface area (Å²) < 4.78 is 0. The highest BCUT2D eigenvalue weighted by atomic mass is 16.2. The van der Waals surface area contributed by atoms with Crippen LogP contribution in [-0.4, -0.2) is 50.9 Å². The van der Waals surface area contributed by atoms with Crippen molar-refractivity contribution in [3.05, 3.63) is 90.0 Å². The third kappa shape index (κ3) is 4.77. The van der Waals surface area contributed by atoms with Crippen molar-refractivity contribution in [2.45, 2.75) is 12.8 Å². The van der Waals surface area contributed by atoms with Crippen LogP contribution in [0.25, 0.3) is 11.1 Å². The number of hydrogen-bond acceptors (Lipinski definition) is 3. The predicted molar refractivity (Wildman–Crippen MR) is 133 cm³/mol. The molecule has 5 nitrogen and oxygen atoms in total. The Kier molecular flexibility index (Phi) is 6.50. The second-order valence-electron chi connectivity index (χ2n) is 9.02. The first-order valence-corrected chi connectivity index (χ1v) is 11.3. The van der Waals surface area contributed by atoms with E-state index in [2.05, 4.69) is 35.6 Å². The fourth-order valence-corrected chi connectivity index (χ4v) is 4.70. The summed E-state index contributed by atoms with van der Waals surface area (Å²) in [5.41, 5.74) is 4.38. The molecule has 0 unspecified atom stereocenters. The van der Waals surface area contributed by atoms with Gasteiger partial charge in [0.25, 0.3) is 5.91 Å². The van der Waals surface area contributed by atoms with Gasteiger partial charge in [0.1, 0.15) is 0 Å². The van der Waals surface area contributed by atoms with Gasteiger partial charge < -0.3 is 15.1 Å². The van der Waals surface area contributed by atoms with Gasteiger partial charge in [-0.1, -0.05) is 60.7 Å². The van der Waals surface area contributed by atoms with Gasteiger partial charge in [0.2, 0.25) is 5.91 Å². The van der Waals surface area contributed by atoms with E-state index in [9.17, 15) is 9.59 Å². The molecule has 1 atom stereocenters. The number of rotatable bonds is 6. The zero-order valence-corrected chi connectivity index (χ0v) is 19.5. The molecule has 0 aliphatic carbocycles. The number of nitrogens with zero attached hydrogens (tertiary/aromatic N) is 2. The van der Waals surface area contributed by atoms with Crippen LogP contribution in [0.5, 0.6) is 0 Å². The van der Waals surface area contributed by atoms with Gasteiger partial charge in [-0.25, -0.2) is 0 Å². The minimum Gasteiger partial charge on any atom is -0.378 e. The van der Waals surface area contributed by atoms with Gasteiger partial charge in [0.15, 0.2) is 0 Å². The number of benzene rings is 3. The quantitative estimate of drug-likeness (QED) is 0.623. The Hall–Kier alpha value is -3.60. The summed E-state index contributed by atoms with van der Waals surface area (Å²) >= 11 is 0. The maximum absolute atomic E-state index is 13.3. The van der Waals surface area contributed by atoms with Crippen LogP contribution in [0, 0.1) is 5.41 Å². The standard InChI is InChI=1S/C28H31N3O2/c1-29-27(33)28(19-21-9-7-12-23(17-21)22-10-5-4-6-11-22)15-16-31(20-28)26(32)24-13-8-14-25(18-24)30(2)3/h4-14,17-18H,15-16,19-20H2,1-3H3,(H,29,33)/t28-/m0/s1. The lowest BCUT2D eigenvalue weighted by Gasteiger charge is -2.28.